The van der Waals surface area contributed by atoms with Crippen LogP contribution in [0.25, 0.3) is 0 Å². The summed E-state index contributed by atoms with van der Waals surface area (Å²) in [7, 11) is 1.28. The van der Waals surface area contributed by atoms with Crippen molar-refractivity contribution >= 4 is 17.8 Å². The Morgan fingerprint density at radius 2 is 1.84 bits per heavy atom. The SMILES string of the molecule is CCOC(=O)[C@@]1(Cc2ccccc2F)CCCN(C(=O)c2cccc(C(=O)OC)c2)C1. The molecule has 1 aliphatic heterocycles. The van der Waals surface area contributed by atoms with Crippen molar-refractivity contribution in [2.24, 2.45) is 5.41 Å². The zero-order chi connectivity index (χ0) is 22.4. The van der Waals surface area contributed by atoms with Crippen molar-refractivity contribution in [1.29, 1.82) is 0 Å². The van der Waals surface area contributed by atoms with E-state index in [9.17, 15) is 18.8 Å². The van der Waals surface area contributed by atoms with Crippen molar-refractivity contribution < 1.29 is 28.2 Å². The fourth-order valence-electron chi connectivity index (χ4n) is 4.06. The van der Waals surface area contributed by atoms with Gasteiger partial charge in [0, 0.05) is 18.7 Å². The Morgan fingerprint density at radius 1 is 1.10 bits per heavy atom. The standard InChI is InChI=1S/C24H26FNO5/c1-3-31-23(29)24(15-19-8-4-5-11-20(19)25)12-7-13-26(16-24)21(27)17-9-6-10-18(14-17)22(28)30-2/h4-6,8-11,14H,3,7,12-13,15-16H2,1-2H3/t24-/m1/s1. The average Bonchev–Trinajstić information content (AvgIpc) is 2.80. The van der Waals surface area contributed by atoms with E-state index in [0.717, 1.165) is 0 Å². The molecule has 1 saturated heterocycles. The van der Waals surface area contributed by atoms with Gasteiger partial charge in [-0.05, 0) is 56.0 Å². The summed E-state index contributed by atoms with van der Waals surface area (Å²) in [6, 6.07) is 12.6. The lowest BCUT2D eigenvalue weighted by atomic mass is 9.74. The maximum atomic E-state index is 14.4. The van der Waals surface area contributed by atoms with Gasteiger partial charge in [-0.1, -0.05) is 24.3 Å². The highest BCUT2D eigenvalue weighted by Crippen LogP contribution is 2.36. The first-order chi connectivity index (χ1) is 14.9. The van der Waals surface area contributed by atoms with Crippen LogP contribution in [-0.2, 0) is 20.7 Å². The summed E-state index contributed by atoms with van der Waals surface area (Å²) in [6.07, 6.45) is 1.21. The molecule has 0 N–H and O–H groups in total. The minimum atomic E-state index is -1.04. The van der Waals surface area contributed by atoms with Crippen LogP contribution in [0.4, 0.5) is 4.39 Å². The lowest BCUT2D eigenvalue weighted by molar-refractivity contribution is -0.158. The largest absolute Gasteiger partial charge is 0.466 e. The van der Waals surface area contributed by atoms with Crippen molar-refractivity contribution in [3.05, 3.63) is 71.0 Å². The molecule has 2 aromatic carbocycles. The topological polar surface area (TPSA) is 72.9 Å². The molecule has 0 spiro atoms. The van der Waals surface area contributed by atoms with Crippen molar-refractivity contribution in [1.82, 2.24) is 4.90 Å². The molecular weight excluding hydrogens is 401 g/mol. The van der Waals surface area contributed by atoms with E-state index in [2.05, 4.69) is 0 Å². The van der Waals surface area contributed by atoms with E-state index in [4.69, 9.17) is 9.47 Å². The summed E-state index contributed by atoms with van der Waals surface area (Å²) < 4.78 is 24.4. The third-order valence-corrected chi connectivity index (χ3v) is 5.59. The Labute approximate surface area is 180 Å². The lowest BCUT2D eigenvalue weighted by Gasteiger charge is -2.41. The van der Waals surface area contributed by atoms with Gasteiger partial charge in [0.15, 0.2) is 0 Å². The molecule has 1 aliphatic rings. The van der Waals surface area contributed by atoms with E-state index in [-0.39, 0.29) is 36.9 Å². The second-order valence-corrected chi connectivity index (χ2v) is 7.67. The lowest BCUT2D eigenvalue weighted by Crippen LogP contribution is -2.51. The molecule has 0 saturated carbocycles. The fraction of sp³-hybridized carbons (Fsp3) is 0.375. The summed E-state index contributed by atoms with van der Waals surface area (Å²) in [5.41, 5.74) is -0.0223. The number of halogens is 1. The minimum absolute atomic E-state index is 0.113. The Hall–Kier alpha value is -3.22. The highest BCUT2D eigenvalue weighted by Gasteiger charge is 2.45. The third kappa shape index (κ3) is 4.93. The molecule has 0 unspecified atom stereocenters. The van der Waals surface area contributed by atoms with Gasteiger partial charge in [-0.25, -0.2) is 9.18 Å². The zero-order valence-electron chi connectivity index (χ0n) is 17.7. The van der Waals surface area contributed by atoms with Gasteiger partial charge < -0.3 is 14.4 Å². The summed E-state index contributed by atoms with van der Waals surface area (Å²) in [4.78, 5) is 39.6. The second-order valence-electron chi connectivity index (χ2n) is 7.67. The van der Waals surface area contributed by atoms with Gasteiger partial charge in [0.2, 0.25) is 0 Å². The molecule has 1 amide bonds. The number of piperidine rings is 1. The average molecular weight is 427 g/mol. The number of carbonyl (C=O) groups excluding carboxylic acids is 3. The molecule has 0 aromatic heterocycles. The Morgan fingerprint density at radius 3 is 2.55 bits per heavy atom. The fourth-order valence-corrected chi connectivity index (χ4v) is 4.06. The highest BCUT2D eigenvalue weighted by atomic mass is 19.1. The number of nitrogens with zero attached hydrogens (tertiary/aromatic N) is 1. The summed E-state index contributed by atoms with van der Waals surface area (Å²) in [6.45, 7) is 2.49. The van der Waals surface area contributed by atoms with Crippen LogP contribution >= 0.6 is 0 Å². The smallest absolute Gasteiger partial charge is 0.337 e. The van der Waals surface area contributed by atoms with E-state index in [0.29, 0.717) is 30.5 Å². The van der Waals surface area contributed by atoms with Gasteiger partial charge in [-0.2, -0.15) is 0 Å². The van der Waals surface area contributed by atoms with E-state index < -0.39 is 17.4 Å². The number of methoxy groups -OCH3 is 1. The Bertz CT molecular complexity index is 976. The first-order valence-electron chi connectivity index (χ1n) is 10.3. The molecule has 0 radical (unpaired) electrons. The monoisotopic (exact) mass is 427 g/mol. The molecular formula is C24H26FNO5. The highest BCUT2D eigenvalue weighted by molar-refractivity contribution is 5.98. The van der Waals surface area contributed by atoms with Gasteiger partial charge in [0.25, 0.3) is 5.91 Å². The molecule has 0 aliphatic carbocycles. The third-order valence-electron chi connectivity index (χ3n) is 5.59. The number of amides is 1. The zero-order valence-corrected chi connectivity index (χ0v) is 17.7. The van der Waals surface area contributed by atoms with Crippen molar-refractivity contribution in [3.63, 3.8) is 0 Å². The van der Waals surface area contributed by atoms with E-state index in [1.165, 1.54) is 19.2 Å². The summed E-state index contributed by atoms with van der Waals surface area (Å²) in [5.74, 6) is -1.65. The van der Waals surface area contributed by atoms with Gasteiger partial charge in [0.1, 0.15) is 5.82 Å². The minimum Gasteiger partial charge on any atom is -0.466 e. The molecule has 1 atom stereocenters. The molecule has 2 aromatic rings. The van der Waals surface area contributed by atoms with E-state index in [1.807, 2.05) is 0 Å². The Balaban J connectivity index is 1.90. The predicted octanol–water partition coefficient (Wildman–Crippen LogP) is 3.64. The molecule has 3 rings (SSSR count). The van der Waals surface area contributed by atoms with Gasteiger partial charge in [0.05, 0.1) is 24.7 Å². The molecule has 1 heterocycles. The maximum Gasteiger partial charge on any atom is 0.337 e. The first kappa shape index (κ1) is 22.5. The quantitative estimate of drug-likeness (QED) is 0.658. The van der Waals surface area contributed by atoms with Gasteiger partial charge >= 0.3 is 11.9 Å². The first-order valence-corrected chi connectivity index (χ1v) is 10.3. The number of ether oxygens (including phenoxy) is 2. The Kier molecular flexibility index (Phi) is 7.05. The van der Waals surface area contributed by atoms with Crippen LogP contribution in [0.15, 0.2) is 48.5 Å². The molecule has 31 heavy (non-hydrogen) atoms. The van der Waals surface area contributed by atoms with Crippen LogP contribution in [0.5, 0.6) is 0 Å². The number of rotatable bonds is 6. The molecule has 164 valence electrons. The molecule has 7 heteroatoms. The molecule has 0 bridgehead atoms. The summed E-state index contributed by atoms with van der Waals surface area (Å²) in [5, 5.41) is 0. The van der Waals surface area contributed by atoms with Crippen molar-refractivity contribution in [2.75, 3.05) is 26.8 Å². The van der Waals surface area contributed by atoms with Crippen molar-refractivity contribution in [3.8, 4) is 0 Å². The number of benzene rings is 2. The normalized spacial score (nSPS) is 18.4. The molecule has 6 nitrogen and oxygen atoms in total. The second kappa shape index (κ2) is 9.73. The number of esters is 2. The van der Waals surface area contributed by atoms with Crippen LogP contribution in [0.2, 0.25) is 0 Å². The number of hydrogen-bond acceptors (Lipinski definition) is 5. The van der Waals surface area contributed by atoms with Crippen molar-refractivity contribution in [2.45, 2.75) is 26.2 Å². The van der Waals surface area contributed by atoms with Gasteiger partial charge in [-0.3, -0.25) is 9.59 Å². The number of carbonyl (C=O) groups is 3. The predicted molar refractivity (Wildman–Crippen MR) is 112 cm³/mol. The number of likely N-dealkylation sites (tertiary alicyclic amines) is 1. The van der Waals surface area contributed by atoms with E-state index in [1.54, 1.807) is 48.2 Å². The van der Waals surface area contributed by atoms with Crippen LogP contribution < -0.4 is 0 Å². The molecule has 1 fully saturated rings. The van der Waals surface area contributed by atoms with E-state index >= 15 is 0 Å². The van der Waals surface area contributed by atoms with Crippen LogP contribution in [-0.4, -0.2) is 49.6 Å². The summed E-state index contributed by atoms with van der Waals surface area (Å²) >= 11 is 0. The van der Waals surface area contributed by atoms with Crippen LogP contribution in [0.3, 0.4) is 0 Å². The van der Waals surface area contributed by atoms with Gasteiger partial charge in [-0.15, -0.1) is 0 Å². The number of hydrogen-bond donors (Lipinski definition) is 0. The van der Waals surface area contributed by atoms with Crippen LogP contribution in [0.1, 0.15) is 46.0 Å². The maximum absolute atomic E-state index is 14.4. The van der Waals surface area contributed by atoms with Crippen LogP contribution in [0, 0.1) is 11.2 Å².